The van der Waals surface area contributed by atoms with Crippen molar-refractivity contribution in [2.75, 3.05) is 10.6 Å². The van der Waals surface area contributed by atoms with Gasteiger partial charge in [0.15, 0.2) is 0 Å². The SMILES string of the molecule is CC(C)[C@@H](Nc1ncc(C(N)=O)c(Nc2ccc3scnc3c2)n1)C(N)=O. The molecule has 9 nitrogen and oxygen atoms in total. The van der Waals surface area contributed by atoms with Crippen molar-refractivity contribution in [3.63, 3.8) is 0 Å². The Hall–Kier alpha value is -3.27. The van der Waals surface area contributed by atoms with E-state index in [1.165, 1.54) is 17.5 Å². The average molecular weight is 385 g/mol. The number of hydrogen-bond acceptors (Lipinski definition) is 8. The zero-order chi connectivity index (χ0) is 19.6. The zero-order valence-corrected chi connectivity index (χ0v) is 15.6. The van der Waals surface area contributed by atoms with Gasteiger partial charge in [-0.15, -0.1) is 11.3 Å². The van der Waals surface area contributed by atoms with Crippen LogP contribution in [0.1, 0.15) is 24.2 Å². The Kier molecular flexibility index (Phi) is 5.17. The molecule has 0 aliphatic rings. The molecule has 0 aliphatic heterocycles. The van der Waals surface area contributed by atoms with Crippen molar-refractivity contribution in [3.05, 3.63) is 35.5 Å². The minimum absolute atomic E-state index is 0.0644. The first-order valence-electron chi connectivity index (χ1n) is 8.18. The van der Waals surface area contributed by atoms with Gasteiger partial charge in [-0.25, -0.2) is 9.97 Å². The molecule has 6 N–H and O–H groups in total. The molecule has 2 heterocycles. The van der Waals surface area contributed by atoms with Crippen molar-refractivity contribution in [2.24, 2.45) is 17.4 Å². The first kappa shape index (κ1) is 18.5. The molecule has 0 fully saturated rings. The first-order valence-corrected chi connectivity index (χ1v) is 9.06. The number of amides is 2. The molecule has 1 aromatic carbocycles. The predicted molar refractivity (Wildman–Crippen MR) is 105 cm³/mol. The monoisotopic (exact) mass is 385 g/mol. The first-order chi connectivity index (χ1) is 12.8. The van der Waals surface area contributed by atoms with Crippen LogP contribution in [0.25, 0.3) is 10.2 Å². The van der Waals surface area contributed by atoms with Crippen LogP contribution >= 0.6 is 11.3 Å². The van der Waals surface area contributed by atoms with E-state index >= 15 is 0 Å². The van der Waals surface area contributed by atoms with Crippen molar-refractivity contribution in [1.82, 2.24) is 15.0 Å². The highest BCUT2D eigenvalue weighted by Gasteiger charge is 2.21. The molecule has 0 spiro atoms. The summed E-state index contributed by atoms with van der Waals surface area (Å²) in [5.74, 6) is -0.869. The Balaban J connectivity index is 1.93. The van der Waals surface area contributed by atoms with Crippen molar-refractivity contribution >= 4 is 50.8 Å². The lowest BCUT2D eigenvalue weighted by Gasteiger charge is -2.19. The fourth-order valence-electron chi connectivity index (χ4n) is 2.50. The number of nitrogens with one attached hydrogen (secondary N) is 2. The van der Waals surface area contributed by atoms with Crippen LogP contribution in [0.4, 0.5) is 17.5 Å². The second-order valence-corrected chi connectivity index (χ2v) is 7.13. The summed E-state index contributed by atoms with van der Waals surface area (Å²) < 4.78 is 1.04. The molecule has 0 unspecified atom stereocenters. The standard InChI is InChI=1S/C17H19N7O2S/c1-8(2)13(15(19)26)23-17-20-6-10(14(18)25)16(24-17)22-9-3-4-12-11(5-9)21-7-27-12/h3-8,13H,1-2H3,(H2,18,25)(H2,19,26)(H2,20,22,23,24)/t13-/m1/s1. The number of benzene rings is 1. The van der Waals surface area contributed by atoms with Gasteiger partial charge < -0.3 is 22.1 Å². The Bertz CT molecular complexity index is 1000. The normalized spacial score (nSPS) is 12.1. The summed E-state index contributed by atoms with van der Waals surface area (Å²) in [5, 5.41) is 5.96. The van der Waals surface area contributed by atoms with E-state index in [9.17, 15) is 9.59 Å². The van der Waals surface area contributed by atoms with E-state index in [2.05, 4.69) is 25.6 Å². The third kappa shape index (κ3) is 4.11. The molecule has 0 aliphatic carbocycles. The molecule has 3 rings (SSSR count). The van der Waals surface area contributed by atoms with Gasteiger partial charge in [0, 0.05) is 11.9 Å². The number of aromatic nitrogens is 3. The third-order valence-corrected chi connectivity index (χ3v) is 4.72. The highest BCUT2D eigenvalue weighted by molar-refractivity contribution is 7.16. The summed E-state index contributed by atoms with van der Waals surface area (Å²) >= 11 is 1.53. The molecule has 10 heteroatoms. The second-order valence-electron chi connectivity index (χ2n) is 6.25. The highest BCUT2D eigenvalue weighted by atomic mass is 32.1. The Morgan fingerprint density at radius 3 is 2.63 bits per heavy atom. The lowest BCUT2D eigenvalue weighted by atomic mass is 10.0. The van der Waals surface area contributed by atoms with Gasteiger partial charge in [0.2, 0.25) is 11.9 Å². The molecular formula is C17H19N7O2S. The maximum Gasteiger partial charge on any atom is 0.254 e. The van der Waals surface area contributed by atoms with Crippen LogP contribution < -0.4 is 22.1 Å². The van der Waals surface area contributed by atoms with Gasteiger partial charge >= 0.3 is 0 Å². The summed E-state index contributed by atoms with van der Waals surface area (Å²) in [7, 11) is 0. The number of thiazole rings is 1. The minimum atomic E-state index is -0.672. The zero-order valence-electron chi connectivity index (χ0n) is 14.8. The number of nitrogens with zero attached hydrogens (tertiary/aromatic N) is 3. The molecule has 2 amide bonds. The maximum absolute atomic E-state index is 11.7. The molecule has 0 saturated heterocycles. The van der Waals surface area contributed by atoms with Crippen molar-refractivity contribution in [3.8, 4) is 0 Å². The molecule has 1 atom stereocenters. The predicted octanol–water partition coefficient (Wildman–Crippen LogP) is 1.85. The Labute approximate surface area is 159 Å². The lowest BCUT2D eigenvalue weighted by Crippen LogP contribution is -2.40. The van der Waals surface area contributed by atoms with E-state index in [4.69, 9.17) is 11.5 Å². The van der Waals surface area contributed by atoms with Crippen LogP contribution in [0.2, 0.25) is 0 Å². The van der Waals surface area contributed by atoms with E-state index in [-0.39, 0.29) is 23.2 Å². The van der Waals surface area contributed by atoms with Crippen molar-refractivity contribution in [2.45, 2.75) is 19.9 Å². The highest BCUT2D eigenvalue weighted by Crippen LogP contribution is 2.25. The van der Waals surface area contributed by atoms with Crippen LogP contribution in [0.3, 0.4) is 0 Å². The van der Waals surface area contributed by atoms with Gasteiger partial charge in [-0.1, -0.05) is 13.8 Å². The second kappa shape index (κ2) is 7.54. The molecule has 0 radical (unpaired) electrons. The number of carbonyl (C=O) groups is 2. The molecular weight excluding hydrogens is 366 g/mol. The number of carbonyl (C=O) groups excluding carboxylic acids is 2. The minimum Gasteiger partial charge on any atom is -0.368 e. The van der Waals surface area contributed by atoms with E-state index < -0.39 is 17.9 Å². The van der Waals surface area contributed by atoms with E-state index in [0.29, 0.717) is 5.69 Å². The fourth-order valence-corrected chi connectivity index (χ4v) is 3.16. The summed E-state index contributed by atoms with van der Waals surface area (Å²) in [4.78, 5) is 36.0. The summed E-state index contributed by atoms with van der Waals surface area (Å²) in [6, 6.07) is 4.96. The Morgan fingerprint density at radius 2 is 1.96 bits per heavy atom. The number of fused-ring (bicyclic) bond motifs is 1. The summed E-state index contributed by atoms with van der Waals surface area (Å²) in [6.45, 7) is 3.70. The number of hydrogen-bond donors (Lipinski definition) is 4. The van der Waals surface area contributed by atoms with Gasteiger partial charge in [-0.2, -0.15) is 4.98 Å². The molecule has 3 aromatic rings. The maximum atomic E-state index is 11.7. The molecule has 0 saturated carbocycles. The number of anilines is 3. The van der Waals surface area contributed by atoms with Gasteiger partial charge in [0.1, 0.15) is 17.4 Å². The topological polar surface area (TPSA) is 149 Å². The van der Waals surface area contributed by atoms with Crippen LogP contribution in [0.15, 0.2) is 29.9 Å². The average Bonchev–Trinajstić information content (AvgIpc) is 3.06. The van der Waals surface area contributed by atoms with Crippen LogP contribution in [0, 0.1) is 5.92 Å². The third-order valence-electron chi connectivity index (χ3n) is 3.91. The van der Waals surface area contributed by atoms with Gasteiger partial charge in [-0.3, -0.25) is 9.59 Å². The van der Waals surface area contributed by atoms with E-state index in [0.717, 1.165) is 10.2 Å². The smallest absolute Gasteiger partial charge is 0.254 e. The quantitative estimate of drug-likeness (QED) is 0.485. The number of nitrogens with two attached hydrogens (primary N) is 2. The summed E-state index contributed by atoms with van der Waals surface area (Å²) in [5.41, 5.74) is 14.2. The van der Waals surface area contributed by atoms with E-state index in [1.54, 1.807) is 5.51 Å². The fraction of sp³-hybridized carbons (Fsp3) is 0.235. The Morgan fingerprint density at radius 1 is 1.19 bits per heavy atom. The van der Waals surface area contributed by atoms with Gasteiger partial charge in [0.25, 0.3) is 5.91 Å². The van der Waals surface area contributed by atoms with Crippen LogP contribution in [-0.2, 0) is 4.79 Å². The molecule has 27 heavy (non-hydrogen) atoms. The summed E-state index contributed by atoms with van der Waals surface area (Å²) in [6.07, 6.45) is 1.31. The number of rotatable bonds is 7. The molecule has 0 bridgehead atoms. The molecule has 140 valence electrons. The van der Waals surface area contributed by atoms with Crippen LogP contribution in [0.5, 0.6) is 0 Å². The van der Waals surface area contributed by atoms with Crippen LogP contribution in [-0.4, -0.2) is 32.8 Å². The largest absolute Gasteiger partial charge is 0.368 e. The molecule has 2 aromatic heterocycles. The number of primary amides is 2. The van der Waals surface area contributed by atoms with Crippen molar-refractivity contribution < 1.29 is 9.59 Å². The van der Waals surface area contributed by atoms with E-state index in [1.807, 2.05) is 32.0 Å². The van der Waals surface area contributed by atoms with Gasteiger partial charge in [0.05, 0.1) is 15.7 Å². The lowest BCUT2D eigenvalue weighted by molar-refractivity contribution is -0.119. The van der Waals surface area contributed by atoms with Gasteiger partial charge in [-0.05, 0) is 24.1 Å². The van der Waals surface area contributed by atoms with Crippen molar-refractivity contribution in [1.29, 1.82) is 0 Å².